The minimum Gasteiger partial charge on any atom is -0.352 e. The molecule has 0 saturated carbocycles. The van der Waals surface area contributed by atoms with Crippen molar-refractivity contribution < 1.29 is 9.18 Å². The van der Waals surface area contributed by atoms with Crippen molar-refractivity contribution in [1.29, 1.82) is 0 Å². The van der Waals surface area contributed by atoms with E-state index in [1.165, 1.54) is 23.3 Å². The fourth-order valence-corrected chi connectivity index (χ4v) is 2.29. The fourth-order valence-electron chi connectivity index (χ4n) is 2.13. The first-order valence-electron chi connectivity index (χ1n) is 6.85. The third-order valence-corrected chi connectivity index (χ3v) is 3.42. The van der Waals surface area contributed by atoms with E-state index in [-0.39, 0.29) is 10.6 Å². The maximum Gasteiger partial charge on any atom is 0.254 e. The van der Waals surface area contributed by atoms with Gasteiger partial charge in [-0.05, 0) is 43.5 Å². The van der Waals surface area contributed by atoms with Crippen molar-refractivity contribution in [3.05, 3.63) is 70.0 Å². The molecule has 0 bridgehead atoms. The van der Waals surface area contributed by atoms with Crippen molar-refractivity contribution in [3.63, 3.8) is 0 Å². The van der Waals surface area contributed by atoms with Gasteiger partial charge < -0.3 is 5.32 Å². The van der Waals surface area contributed by atoms with Crippen molar-refractivity contribution in [2.45, 2.75) is 19.8 Å². The highest BCUT2D eigenvalue weighted by Gasteiger charge is 2.11. The Morgan fingerprint density at radius 2 is 2.05 bits per heavy atom. The standard InChI is InChI=1S/C17H17ClFNO/c1-12-4-2-5-13(10-12)6-3-9-20-17(21)15-8-7-14(18)11-16(15)19/h2,4-5,7-8,10-11H,3,6,9H2,1H3,(H,20,21). The monoisotopic (exact) mass is 305 g/mol. The van der Waals surface area contributed by atoms with Gasteiger partial charge in [-0.25, -0.2) is 4.39 Å². The summed E-state index contributed by atoms with van der Waals surface area (Å²) in [5.41, 5.74) is 2.48. The van der Waals surface area contributed by atoms with Gasteiger partial charge in [-0.15, -0.1) is 0 Å². The van der Waals surface area contributed by atoms with Crippen LogP contribution in [-0.4, -0.2) is 12.5 Å². The zero-order valence-corrected chi connectivity index (χ0v) is 12.6. The highest BCUT2D eigenvalue weighted by Crippen LogP contribution is 2.14. The number of hydrogen-bond donors (Lipinski definition) is 1. The van der Waals surface area contributed by atoms with E-state index < -0.39 is 11.7 Å². The molecule has 0 radical (unpaired) electrons. The van der Waals surface area contributed by atoms with Crippen LogP contribution < -0.4 is 5.32 Å². The minimum atomic E-state index is -0.598. The summed E-state index contributed by atoms with van der Waals surface area (Å²) >= 11 is 5.66. The summed E-state index contributed by atoms with van der Waals surface area (Å²) in [4.78, 5) is 11.8. The Morgan fingerprint density at radius 1 is 1.24 bits per heavy atom. The number of carbonyl (C=O) groups is 1. The molecular formula is C17H17ClFNO. The first-order chi connectivity index (χ1) is 10.1. The van der Waals surface area contributed by atoms with Crippen LogP contribution in [0.15, 0.2) is 42.5 Å². The molecule has 21 heavy (non-hydrogen) atoms. The average molecular weight is 306 g/mol. The lowest BCUT2D eigenvalue weighted by Crippen LogP contribution is -2.25. The maximum atomic E-state index is 13.6. The van der Waals surface area contributed by atoms with Crippen molar-refractivity contribution in [2.75, 3.05) is 6.54 Å². The van der Waals surface area contributed by atoms with Crippen molar-refractivity contribution in [2.24, 2.45) is 0 Å². The Labute approximate surface area is 128 Å². The topological polar surface area (TPSA) is 29.1 Å². The normalized spacial score (nSPS) is 10.4. The van der Waals surface area contributed by atoms with E-state index in [9.17, 15) is 9.18 Å². The highest BCUT2D eigenvalue weighted by molar-refractivity contribution is 6.30. The first-order valence-corrected chi connectivity index (χ1v) is 7.23. The molecule has 0 aromatic heterocycles. The molecule has 0 aliphatic heterocycles. The van der Waals surface area contributed by atoms with Gasteiger partial charge in [0, 0.05) is 11.6 Å². The molecule has 1 N–H and O–H groups in total. The Bertz CT molecular complexity index is 642. The number of rotatable bonds is 5. The van der Waals surface area contributed by atoms with Crippen LogP contribution in [0.1, 0.15) is 27.9 Å². The maximum absolute atomic E-state index is 13.6. The second-order valence-electron chi connectivity index (χ2n) is 4.97. The van der Waals surface area contributed by atoms with Gasteiger partial charge in [0.2, 0.25) is 0 Å². The van der Waals surface area contributed by atoms with E-state index in [0.717, 1.165) is 18.9 Å². The van der Waals surface area contributed by atoms with Crippen LogP contribution in [0.25, 0.3) is 0 Å². The molecule has 0 aliphatic carbocycles. The SMILES string of the molecule is Cc1cccc(CCCNC(=O)c2ccc(Cl)cc2F)c1. The largest absolute Gasteiger partial charge is 0.352 e. The predicted molar refractivity (Wildman–Crippen MR) is 83.2 cm³/mol. The van der Waals surface area contributed by atoms with Crippen LogP contribution in [0.4, 0.5) is 4.39 Å². The smallest absolute Gasteiger partial charge is 0.254 e. The number of halogens is 2. The summed E-state index contributed by atoms with van der Waals surface area (Å²) in [7, 11) is 0. The van der Waals surface area contributed by atoms with Gasteiger partial charge >= 0.3 is 0 Å². The average Bonchev–Trinajstić information content (AvgIpc) is 2.43. The highest BCUT2D eigenvalue weighted by atomic mass is 35.5. The molecule has 110 valence electrons. The number of aryl methyl sites for hydroxylation is 2. The number of carbonyl (C=O) groups excluding carboxylic acids is 1. The van der Waals surface area contributed by atoms with E-state index in [1.54, 1.807) is 0 Å². The molecule has 0 heterocycles. The second kappa shape index (κ2) is 7.23. The Morgan fingerprint density at radius 3 is 2.76 bits per heavy atom. The molecule has 0 atom stereocenters. The third-order valence-electron chi connectivity index (χ3n) is 3.19. The summed E-state index contributed by atoms with van der Waals surface area (Å²) in [6.45, 7) is 2.56. The number of benzene rings is 2. The van der Waals surface area contributed by atoms with Gasteiger partial charge in [-0.3, -0.25) is 4.79 Å². The molecule has 0 fully saturated rings. The lowest BCUT2D eigenvalue weighted by atomic mass is 10.1. The third kappa shape index (κ3) is 4.57. The van der Waals surface area contributed by atoms with E-state index in [2.05, 4.69) is 30.4 Å². The Kier molecular flexibility index (Phi) is 5.34. The predicted octanol–water partition coefficient (Wildman–Crippen LogP) is 4.15. The number of amides is 1. The summed E-state index contributed by atoms with van der Waals surface area (Å²) in [5.74, 6) is -1.01. The van der Waals surface area contributed by atoms with Crippen LogP contribution in [0.2, 0.25) is 5.02 Å². The molecule has 0 spiro atoms. The molecule has 2 nitrogen and oxygen atoms in total. The van der Waals surface area contributed by atoms with Crippen molar-refractivity contribution >= 4 is 17.5 Å². The first kappa shape index (κ1) is 15.5. The van der Waals surface area contributed by atoms with E-state index >= 15 is 0 Å². The molecular weight excluding hydrogens is 289 g/mol. The van der Waals surface area contributed by atoms with Gasteiger partial charge in [0.15, 0.2) is 0 Å². The van der Waals surface area contributed by atoms with Crippen molar-refractivity contribution in [3.8, 4) is 0 Å². The van der Waals surface area contributed by atoms with Gasteiger partial charge in [-0.2, -0.15) is 0 Å². The number of nitrogens with one attached hydrogen (secondary N) is 1. The lowest BCUT2D eigenvalue weighted by Gasteiger charge is -2.07. The minimum absolute atomic E-state index is 0.0231. The zero-order chi connectivity index (χ0) is 15.2. The van der Waals surface area contributed by atoms with E-state index in [0.29, 0.717) is 6.54 Å². The molecule has 2 aromatic rings. The number of hydrogen-bond acceptors (Lipinski definition) is 1. The summed E-state index contributed by atoms with van der Waals surface area (Å²) in [5, 5.41) is 3.00. The van der Waals surface area contributed by atoms with E-state index in [4.69, 9.17) is 11.6 Å². The summed E-state index contributed by atoms with van der Waals surface area (Å²) < 4.78 is 13.6. The van der Waals surface area contributed by atoms with Gasteiger partial charge in [0.05, 0.1) is 5.56 Å². The molecule has 4 heteroatoms. The summed E-state index contributed by atoms with van der Waals surface area (Å²) in [6.07, 6.45) is 1.69. The molecule has 0 saturated heterocycles. The summed E-state index contributed by atoms with van der Waals surface area (Å²) in [6, 6.07) is 12.3. The van der Waals surface area contributed by atoms with Gasteiger partial charge in [0.25, 0.3) is 5.91 Å². The van der Waals surface area contributed by atoms with Crippen molar-refractivity contribution in [1.82, 2.24) is 5.32 Å². The molecule has 2 aromatic carbocycles. The van der Waals surface area contributed by atoms with Crippen LogP contribution in [0.3, 0.4) is 0 Å². The van der Waals surface area contributed by atoms with E-state index in [1.807, 2.05) is 6.07 Å². The van der Waals surface area contributed by atoms with Gasteiger partial charge in [0.1, 0.15) is 5.82 Å². The fraction of sp³-hybridized carbons (Fsp3) is 0.235. The quantitative estimate of drug-likeness (QED) is 0.826. The Hall–Kier alpha value is -1.87. The van der Waals surface area contributed by atoms with Gasteiger partial charge in [-0.1, -0.05) is 41.4 Å². The Balaban J connectivity index is 1.82. The van der Waals surface area contributed by atoms with Crippen LogP contribution in [0.5, 0.6) is 0 Å². The van der Waals surface area contributed by atoms with Crippen LogP contribution in [-0.2, 0) is 6.42 Å². The van der Waals surface area contributed by atoms with Crippen LogP contribution >= 0.6 is 11.6 Å². The molecule has 1 amide bonds. The molecule has 0 unspecified atom stereocenters. The molecule has 2 rings (SSSR count). The zero-order valence-electron chi connectivity index (χ0n) is 11.8. The molecule has 0 aliphatic rings. The second-order valence-corrected chi connectivity index (χ2v) is 5.41. The van der Waals surface area contributed by atoms with Crippen LogP contribution in [0, 0.1) is 12.7 Å². The lowest BCUT2D eigenvalue weighted by molar-refractivity contribution is 0.0949.